The molecule has 4 aromatic rings. The maximum atomic E-state index is 13.1. The zero-order valence-electron chi connectivity index (χ0n) is 20.5. The van der Waals surface area contributed by atoms with E-state index < -0.39 is 0 Å². The summed E-state index contributed by atoms with van der Waals surface area (Å²) in [5, 5.41) is 1.60. The third kappa shape index (κ3) is 4.64. The highest BCUT2D eigenvalue weighted by molar-refractivity contribution is 7.98. The Morgan fingerprint density at radius 2 is 1.60 bits per heavy atom. The van der Waals surface area contributed by atoms with Gasteiger partial charge in [-0.3, -0.25) is 9.78 Å². The quantitative estimate of drug-likeness (QED) is 0.233. The number of thioether (sulfide) groups is 1. The molecule has 0 bridgehead atoms. The Morgan fingerprint density at radius 3 is 2.20 bits per heavy atom. The highest BCUT2D eigenvalue weighted by Gasteiger charge is 2.23. The van der Waals surface area contributed by atoms with E-state index in [2.05, 4.69) is 4.98 Å². The number of Topliss-reactive ketones (excluding diaryl/α,β-unsaturated/α-hetero) is 1. The lowest BCUT2D eigenvalue weighted by molar-refractivity contribution is 0.101. The number of hydrogen-bond donors (Lipinski definition) is 0. The van der Waals surface area contributed by atoms with Gasteiger partial charge in [-0.25, -0.2) is 4.98 Å². The Hall–Kier alpha value is -3.72. The number of carbonyl (C=O) groups is 1. The van der Waals surface area contributed by atoms with E-state index in [9.17, 15) is 4.79 Å². The van der Waals surface area contributed by atoms with Crippen LogP contribution in [0.5, 0.6) is 23.0 Å². The summed E-state index contributed by atoms with van der Waals surface area (Å²) in [7, 11) is 8.27. The standard InChI is InChI=1S/C26H27N3O5S/c1-15(30)24-19(14-35-26-27-9-10-29(26)2)28-18-13-23(34-6)22(33-5)12-17(18)25(24)16-7-8-20(31-3)21(11-16)32-4/h7-13H,14H2,1-6H3. The van der Waals surface area contributed by atoms with Crippen molar-refractivity contribution in [3.63, 3.8) is 0 Å². The lowest BCUT2D eigenvalue weighted by atomic mass is 9.92. The lowest BCUT2D eigenvalue weighted by Gasteiger charge is -2.18. The molecule has 2 aromatic carbocycles. The molecule has 4 rings (SSSR count). The molecule has 182 valence electrons. The summed E-state index contributed by atoms with van der Waals surface area (Å²) < 4.78 is 24.0. The van der Waals surface area contributed by atoms with Crippen molar-refractivity contribution in [1.82, 2.24) is 14.5 Å². The number of methoxy groups -OCH3 is 4. The van der Waals surface area contributed by atoms with Crippen LogP contribution in [0.25, 0.3) is 22.0 Å². The summed E-state index contributed by atoms with van der Waals surface area (Å²) in [5.41, 5.74) is 3.44. The van der Waals surface area contributed by atoms with Gasteiger partial charge in [-0.2, -0.15) is 0 Å². The van der Waals surface area contributed by atoms with Gasteiger partial charge in [-0.1, -0.05) is 17.8 Å². The van der Waals surface area contributed by atoms with Crippen LogP contribution in [0.1, 0.15) is 23.0 Å². The minimum absolute atomic E-state index is 0.0885. The average molecular weight is 494 g/mol. The number of benzene rings is 2. The van der Waals surface area contributed by atoms with Gasteiger partial charge >= 0.3 is 0 Å². The molecule has 0 unspecified atom stereocenters. The molecule has 0 spiro atoms. The van der Waals surface area contributed by atoms with Crippen LogP contribution in [0.3, 0.4) is 0 Å². The number of fused-ring (bicyclic) bond motifs is 1. The Labute approximate surface area is 208 Å². The first-order valence-corrected chi connectivity index (χ1v) is 11.8. The van der Waals surface area contributed by atoms with Crippen LogP contribution in [0.2, 0.25) is 0 Å². The number of nitrogens with zero attached hydrogens (tertiary/aromatic N) is 3. The molecule has 0 aliphatic heterocycles. The third-order valence-corrected chi connectivity index (χ3v) is 6.77. The zero-order valence-corrected chi connectivity index (χ0v) is 21.4. The molecule has 0 N–H and O–H groups in total. The first-order valence-electron chi connectivity index (χ1n) is 10.8. The van der Waals surface area contributed by atoms with Crippen molar-refractivity contribution in [2.24, 2.45) is 7.05 Å². The second kappa shape index (κ2) is 10.3. The second-order valence-electron chi connectivity index (χ2n) is 7.77. The first-order chi connectivity index (χ1) is 16.9. The predicted molar refractivity (Wildman–Crippen MR) is 136 cm³/mol. The molecule has 0 saturated carbocycles. The molecular formula is C26H27N3O5S. The summed E-state index contributed by atoms with van der Waals surface area (Å²) in [5.74, 6) is 2.65. The number of aryl methyl sites for hydroxylation is 1. The number of carbonyl (C=O) groups excluding carboxylic acids is 1. The van der Waals surface area contributed by atoms with E-state index in [0.29, 0.717) is 45.5 Å². The monoisotopic (exact) mass is 493 g/mol. The smallest absolute Gasteiger partial charge is 0.168 e. The van der Waals surface area contributed by atoms with Crippen LogP contribution in [-0.4, -0.2) is 48.8 Å². The van der Waals surface area contributed by atoms with Crippen LogP contribution < -0.4 is 18.9 Å². The van der Waals surface area contributed by atoms with E-state index >= 15 is 0 Å². The van der Waals surface area contributed by atoms with E-state index in [4.69, 9.17) is 23.9 Å². The molecule has 2 heterocycles. The second-order valence-corrected chi connectivity index (χ2v) is 8.71. The van der Waals surface area contributed by atoms with Crippen molar-refractivity contribution in [2.45, 2.75) is 17.8 Å². The van der Waals surface area contributed by atoms with E-state index in [0.717, 1.165) is 21.7 Å². The Morgan fingerprint density at radius 1 is 0.943 bits per heavy atom. The van der Waals surface area contributed by atoms with Gasteiger partial charge in [0.25, 0.3) is 0 Å². The molecule has 2 aromatic heterocycles. The Bertz CT molecular complexity index is 1400. The van der Waals surface area contributed by atoms with Crippen LogP contribution in [0.4, 0.5) is 0 Å². The Balaban J connectivity index is 2.02. The Kier molecular flexibility index (Phi) is 7.16. The number of aromatic nitrogens is 3. The first kappa shape index (κ1) is 24.4. The molecule has 0 aliphatic carbocycles. The molecule has 0 aliphatic rings. The van der Waals surface area contributed by atoms with Gasteiger partial charge in [0.1, 0.15) is 0 Å². The fourth-order valence-corrected chi connectivity index (χ4v) is 4.92. The molecule has 0 amide bonds. The van der Waals surface area contributed by atoms with Crippen LogP contribution >= 0.6 is 11.8 Å². The fraction of sp³-hybridized carbons (Fsp3) is 0.269. The van der Waals surface area contributed by atoms with Crippen molar-refractivity contribution >= 4 is 28.4 Å². The summed E-state index contributed by atoms with van der Waals surface area (Å²) >= 11 is 1.52. The van der Waals surface area contributed by atoms with Crippen LogP contribution in [0.15, 0.2) is 47.9 Å². The normalized spacial score (nSPS) is 10.9. The lowest BCUT2D eigenvalue weighted by Crippen LogP contribution is -2.07. The molecule has 35 heavy (non-hydrogen) atoms. The van der Waals surface area contributed by atoms with Crippen LogP contribution in [-0.2, 0) is 12.8 Å². The largest absolute Gasteiger partial charge is 0.493 e. The van der Waals surface area contributed by atoms with E-state index in [1.54, 1.807) is 41.6 Å². The summed E-state index contributed by atoms with van der Waals surface area (Å²) in [6, 6.07) is 9.29. The number of pyridine rings is 1. The third-order valence-electron chi connectivity index (χ3n) is 5.70. The van der Waals surface area contributed by atoms with Gasteiger partial charge in [-0.05, 0) is 30.7 Å². The molecule has 0 atom stereocenters. The fourth-order valence-electron chi connectivity index (χ4n) is 4.04. The summed E-state index contributed by atoms with van der Waals surface area (Å²) in [4.78, 5) is 22.4. The maximum Gasteiger partial charge on any atom is 0.168 e. The molecule has 9 heteroatoms. The minimum atomic E-state index is -0.0885. The van der Waals surface area contributed by atoms with E-state index in [-0.39, 0.29) is 5.78 Å². The van der Waals surface area contributed by atoms with Crippen molar-refractivity contribution in [3.8, 4) is 34.1 Å². The maximum absolute atomic E-state index is 13.1. The summed E-state index contributed by atoms with van der Waals surface area (Å²) in [6.07, 6.45) is 3.63. The molecule has 0 saturated heterocycles. The number of hydrogen-bond acceptors (Lipinski definition) is 8. The van der Waals surface area contributed by atoms with Crippen molar-refractivity contribution < 1.29 is 23.7 Å². The van der Waals surface area contributed by atoms with Gasteiger partial charge in [0.05, 0.1) is 39.6 Å². The molecule has 0 fully saturated rings. The molecular weight excluding hydrogens is 466 g/mol. The van der Waals surface area contributed by atoms with Crippen molar-refractivity contribution in [2.75, 3.05) is 28.4 Å². The van der Waals surface area contributed by atoms with Gasteiger partial charge in [-0.15, -0.1) is 0 Å². The predicted octanol–water partition coefficient (Wildman–Crippen LogP) is 5.16. The molecule has 0 radical (unpaired) electrons. The average Bonchev–Trinajstić information content (AvgIpc) is 3.29. The van der Waals surface area contributed by atoms with E-state index in [1.165, 1.54) is 11.8 Å². The highest BCUT2D eigenvalue weighted by atomic mass is 32.2. The van der Waals surface area contributed by atoms with Gasteiger partial charge in [0.15, 0.2) is 33.9 Å². The zero-order chi connectivity index (χ0) is 25.1. The van der Waals surface area contributed by atoms with Crippen molar-refractivity contribution in [3.05, 3.63) is 54.0 Å². The topological polar surface area (TPSA) is 84.7 Å². The number of ether oxygens (including phenoxy) is 4. The summed E-state index contributed by atoms with van der Waals surface area (Å²) in [6.45, 7) is 1.56. The molecule has 8 nitrogen and oxygen atoms in total. The van der Waals surface area contributed by atoms with E-state index in [1.807, 2.05) is 48.1 Å². The van der Waals surface area contributed by atoms with Gasteiger partial charge in [0.2, 0.25) is 0 Å². The number of ketones is 1. The number of rotatable bonds is 9. The number of imidazole rings is 1. The van der Waals surface area contributed by atoms with Crippen molar-refractivity contribution in [1.29, 1.82) is 0 Å². The van der Waals surface area contributed by atoms with Gasteiger partial charge < -0.3 is 23.5 Å². The minimum Gasteiger partial charge on any atom is -0.493 e. The van der Waals surface area contributed by atoms with Gasteiger partial charge in [0, 0.05) is 47.8 Å². The SMILES string of the molecule is COc1ccc(-c2c(C(C)=O)c(CSc3nccn3C)nc3cc(OC)c(OC)cc23)cc1OC. The van der Waals surface area contributed by atoms with Crippen LogP contribution in [0, 0.1) is 0 Å². The highest BCUT2D eigenvalue weighted by Crippen LogP contribution is 2.42.